The number of aryl methyl sites for hydroxylation is 1. The molecule has 0 bridgehead atoms. The lowest BCUT2D eigenvalue weighted by atomic mass is 10.2. The smallest absolute Gasteiger partial charge is 0.140 e. The molecule has 6 heteroatoms. The van der Waals surface area contributed by atoms with Crippen LogP contribution in [0.3, 0.4) is 0 Å². The second-order valence-corrected chi connectivity index (χ2v) is 6.73. The molecule has 0 unspecified atom stereocenters. The predicted molar refractivity (Wildman–Crippen MR) is 87.1 cm³/mol. The number of piperazine rings is 1. The average Bonchev–Trinajstić information content (AvgIpc) is 2.90. The molecule has 1 N–H and O–H groups in total. The molecule has 1 saturated heterocycles. The van der Waals surface area contributed by atoms with Gasteiger partial charge in [0.25, 0.3) is 0 Å². The van der Waals surface area contributed by atoms with Crippen molar-refractivity contribution in [1.82, 2.24) is 14.9 Å². The summed E-state index contributed by atoms with van der Waals surface area (Å²) in [5.74, 6) is 1.06. The Morgan fingerprint density at radius 2 is 2.05 bits per heavy atom. The van der Waals surface area contributed by atoms with Crippen LogP contribution in [0.15, 0.2) is 12.4 Å². The number of hydrogen-bond acceptors (Lipinski definition) is 6. The molecule has 5 nitrogen and oxygen atoms in total. The number of hydrogen-bond donors (Lipinski definition) is 1. The van der Waals surface area contributed by atoms with Gasteiger partial charge in [-0.1, -0.05) is 6.92 Å². The molecule has 21 heavy (non-hydrogen) atoms. The lowest BCUT2D eigenvalue weighted by Crippen LogP contribution is -2.48. The fourth-order valence-corrected chi connectivity index (χ4v) is 3.76. The summed E-state index contributed by atoms with van der Waals surface area (Å²) >= 11 is 1.76. The monoisotopic (exact) mass is 306 g/mol. The molecule has 3 rings (SSSR count). The van der Waals surface area contributed by atoms with Gasteiger partial charge in [-0.2, -0.15) is 0 Å². The van der Waals surface area contributed by atoms with Gasteiger partial charge in [0.1, 0.15) is 17.0 Å². The van der Waals surface area contributed by atoms with E-state index in [-0.39, 0.29) is 6.10 Å². The highest BCUT2D eigenvalue weighted by Gasteiger charge is 2.21. The van der Waals surface area contributed by atoms with Crippen molar-refractivity contribution in [3.8, 4) is 0 Å². The molecule has 0 spiro atoms. The maximum absolute atomic E-state index is 9.48. The van der Waals surface area contributed by atoms with Crippen LogP contribution in [0.4, 0.5) is 5.82 Å². The average molecular weight is 306 g/mol. The molecule has 1 aliphatic heterocycles. The van der Waals surface area contributed by atoms with Crippen LogP contribution in [0.1, 0.15) is 18.7 Å². The van der Waals surface area contributed by atoms with Crippen LogP contribution < -0.4 is 4.90 Å². The maximum Gasteiger partial charge on any atom is 0.140 e. The summed E-state index contributed by atoms with van der Waals surface area (Å²) in [7, 11) is 0. The third-order valence-electron chi connectivity index (χ3n) is 3.90. The quantitative estimate of drug-likeness (QED) is 0.933. The van der Waals surface area contributed by atoms with E-state index in [1.165, 1.54) is 10.3 Å². The Morgan fingerprint density at radius 1 is 1.29 bits per heavy atom. The number of aliphatic hydroxyl groups is 1. The molecule has 0 radical (unpaired) electrons. The van der Waals surface area contributed by atoms with Gasteiger partial charge >= 0.3 is 0 Å². The highest BCUT2D eigenvalue weighted by Crippen LogP contribution is 2.30. The molecular weight excluding hydrogens is 284 g/mol. The van der Waals surface area contributed by atoms with Gasteiger partial charge in [-0.3, -0.25) is 4.90 Å². The number of fused-ring (bicyclic) bond motifs is 1. The van der Waals surface area contributed by atoms with Gasteiger partial charge in [-0.25, -0.2) is 9.97 Å². The molecule has 0 saturated carbocycles. The number of aliphatic hydroxyl groups excluding tert-OH is 1. The van der Waals surface area contributed by atoms with Crippen LogP contribution in [0.2, 0.25) is 0 Å². The fourth-order valence-electron chi connectivity index (χ4n) is 2.84. The van der Waals surface area contributed by atoms with Crippen LogP contribution >= 0.6 is 11.3 Å². The van der Waals surface area contributed by atoms with Crippen LogP contribution in [0.25, 0.3) is 10.2 Å². The summed E-state index contributed by atoms with van der Waals surface area (Å²) < 4.78 is 0. The first-order valence-corrected chi connectivity index (χ1v) is 8.37. The van der Waals surface area contributed by atoms with Gasteiger partial charge in [-0.05, 0) is 19.4 Å². The molecule has 1 atom stereocenters. The Bertz CT molecular complexity index is 605. The van der Waals surface area contributed by atoms with Crippen LogP contribution in [0.5, 0.6) is 0 Å². The molecule has 2 aromatic heterocycles. The number of rotatable bonds is 4. The van der Waals surface area contributed by atoms with Crippen molar-refractivity contribution in [2.24, 2.45) is 0 Å². The van der Waals surface area contributed by atoms with Crippen LogP contribution in [-0.4, -0.2) is 58.8 Å². The molecule has 2 aromatic rings. The fraction of sp³-hybridized carbons (Fsp3) is 0.600. The molecule has 0 amide bonds. The molecule has 114 valence electrons. The SMILES string of the molecule is CCc1cc2c(N3CCN(C[C@@H](C)O)CC3)ncnc2s1. The van der Waals surface area contributed by atoms with Gasteiger partial charge in [0.15, 0.2) is 0 Å². The minimum absolute atomic E-state index is 0.258. The lowest BCUT2D eigenvalue weighted by molar-refractivity contribution is 0.122. The third-order valence-corrected chi connectivity index (χ3v) is 5.09. The van der Waals surface area contributed by atoms with E-state index in [1.54, 1.807) is 17.7 Å². The first-order chi connectivity index (χ1) is 10.2. The van der Waals surface area contributed by atoms with E-state index in [9.17, 15) is 5.11 Å². The molecule has 0 aliphatic carbocycles. The molecule has 3 heterocycles. The molecular formula is C15H22N4OS. The van der Waals surface area contributed by atoms with Crippen LogP contribution in [-0.2, 0) is 6.42 Å². The van der Waals surface area contributed by atoms with Crippen molar-refractivity contribution in [3.63, 3.8) is 0 Å². The van der Waals surface area contributed by atoms with E-state index in [2.05, 4.69) is 32.8 Å². The van der Waals surface area contributed by atoms with E-state index < -0.39 is 0 Å². The van der Waals surface area contributed by atoms with Gasteiger partial charge in [0.2, 0.25) is 0 Å². The largest absolute Gasteiger partial charge is 0.392 e. The van der Waals surface area contributed by atoms with E-state index in [0.717, 1.165) is 49.8 Å². The number of β-amino-alcohol motifs (C(OH)–C–C–N with tert-alkyl or cyclic N) is 1. The van der Waals surface area contributed by atoms with E-state index in [4.69, 9.17) is 0 Å². The van der Waals surface area contributed by atoms with Gasteiger partial charge in [0.05, 0.1) is 11.5 Å². The maximum atomic E-state index is 9.48. The summed E-state index contributed by atoms with van der Waals surface area (Å²) in [5, 5.41) is 10.7. The van der Waals surface area contributed by atoms with Crippen molar-refractivity contribution in [3.05, 3.63) is 17.3 Å². The number of nitrogens with zero attached hydrogens (tertiary/aromatic N) is 4. The highest BCUT2D eigenvalue weighted by atomic mass is 32.1. The normalized spacial score (nSPS) is 18.3. The summed E-state index contributed by atoms with van der Waals surface area (Å²) in [6.07, 6.45) is 2.46. The number of aromatic nitrogens is 2. The summed E-state index contributed by atoms with van der Waals surface area (Å²) in [6.45, 7) is 8.63. The van der Waals surface area contributed by atoms with Crippen molar-refractivity contribution in [2.45, 2.75) is 26.4 Å². The first-order valence-electron chi connectivity index (χ1n) is 7.56. The zero-order chi connectivity index (χ0) is 14.8. The van der Waals surface area contributed by atoms with Crippen molar-refractivity contribution < 1.29 is 5.11 Å². The van der Waals surface area contributed by atoms with Gasteiger partial charge in [0, 0.05) is 37.6 Å². The first kappa shape index (κ1) is 14.7. The molecule has 1 aliphatic rings. The molecule has 1 fully saturated rings. The minimum atomic E-state index is -0.258. The van der Waals surface area contributed by atoms with E-state index in [1.807, 2.05) is 6.92 Å². The van der Waals surface area contributed by atoms with E-state index in [0.29, 0.717) is 0 Å². The second-order valence-electron chi connectivity index (χ2n) is 5.62. The summed E-state index contributed by atoms with van der Waals surface area (Å²) in [6, 6.07) is 2.23. The zero-order valence-electron chi connectivity index (χ0n) is 12.6. The van der Waals surface area contributed by atoms with Crippen molar-refractivity contribution in [2.75, 3.05) is 37.6 Å². The van der Waals surface area contributed by atoms with Crippen LogP contribution in [0, 0.1) is 0 Å². The highest BCUT2D eigenvalue weighted by molar-refractivity contribution is 7.18. The van der Waals surface area contributed by atoms with Gasteiger partial charge < -0.3 is 10.0 Å². The second kappa shape index (κ2) is 6.25. The standard InChI is InChI=1S/C15H22N4OS/c1-3-12-8-13-14(16-10-17-15(13)21-12)19-6-4-18(5-7-19)9-11(2)20/h8,10-11,20H,3-7,9H2,1-2H3/t11-/m1/s1. The van der Waals surface area contributed by atoms with Crippen molar-refractivity contribution >= 4 is 27.4 Å². The Kier molecular flexibility index (Phi) is 4.37. The number of anilines is 1. The Morgan fingerprint density at radius 3 is 2.71 bits per heavy atom. The van der Waals surface area contributed by atoms with E-state index >= 15 is 0 Å². The summed E-state index contributed by atoms with van der Waals surface area (Å²) in [4.78, 5) is 16.0. The Hall–Kier alpha value is -1.24. The predicted octanol–water partition coefficient (Wildman–Crippen LogP) is 1.76. The number of thiophene rings is 1. The summed E-state index contributed by atoms with van der Waals surface area (Å²) in [5.41, 5.74) is 0. The van der Waals surface area contributed by atoms with Crippen molar-refractivity contribution in [1.29, 1.82) is 0 Å². The topological polar surface area (TPSA) is 52.5 Å². The van der Waals surface area contributed by atoms with Gasteiger partial charge in [-0.15, -0.1) is 11.3 Å². The Balaban J connectivity index is 1.77. The molecule has 0 aromatic carbocycles. The lowest BCUT2D eigenvalue weighted by Gasteiger charge is -2.36. The third kappa shape index (κ3) is 3.17. The minimum Gasteiger partial charge on any atom is -0.392 e. The Labute approximate surface area is 129 Å². The zero-order valence-corrected chi connectivity index (χ0v) is 13.4.